The molecule has 1 aromatic heterocycles. The van der Waals surface area contributed by atoms with Gasteiger partial charge >= 0.3 is 6.36 Å². The maximum absolute atomic E-state index is 12.2. The molecule has 0 aliphatic carbocycles. The molecule has 0 aliphatic rings. The van der Waals surface area contributed by atoms with Crippen molar-refractivity contribution < 1.29 is 22.3 Å². The van der Waals surface area contributed by atoms with E-state index in [4.69, 9.17) is 11.0 Å². The van der Waals surface area contributed by atoms with Gasteiger partial charge in [0, 0.05) is 0 Å². The topological polar surface area (TPSA) is 71.9 Å². The lowest BCUT2D eigenvalue weighted by atomic mass is 10.2. The molecule has 1 aromatic rings. The van der Waals surface area contributed by atoms with Gasteiger partial charge < -0.3 is 10.5 Å². The molecule has 16 heavy (non-hydrogen) atoms. The van der Waals surface area contributed by atoms with Gasteiger partial charge in [-0.05, 0) is 6.07 Å². The number of nitrogens with zero attached hydrogens (tertiary/aromatic N) is 2. The Bertz CT molecular complexity index is 438. The molecule has 0 aliphatic heterocycles. The van der Waals surface area contributed by atoms with Crippen molar-refractivity contribution >= 4 is 5.82 Å². The smallest absolute Gasteiger partial charge is 0.400 e. The van der Waals surface area contributed by atoms with Crippen LogP contribution in [0.3, 0.4) is 0 Å². The van der Waals surface area contributed by atoms with Crippen LogP contribution in [0.1, 0.15) is 11.3 Å². The second-order valence-corrected chi connectivity index (χ2v) is 2.67. The number of hydrogen-bond donors (Lipinski definition) is 1. The highest BCUT2D eigenvalue weighted by Gasteiger charge is 2.33. The van der Waals surface area contributed by atoms with E-state index in [-0.39, 0.29) is 5.69 Å². The van der Waals surface area contributed by atoms with Crippen molar-refractivity contribution in [1.29, 1.82) is 5.26 Å². The maximum Gasteiger partial charge on any atom is 0.573 e. The van der Waals surface area contributed by atoms with Gasteiger partial charge in [0.05, 0.1) is 5.69 Å². The Kier molecular flexibility index (Phi) is 3.17. The molecule has 4 nitrogen and oxygen atoms in total. The molecule has 0 unspecified atom stereocenters. The van der Waals surface area contributed by atoms with E-state index in [0.717, 1.165) is 6.07 Å². The van der Waals surface area contributed by atoms with Crippen molar-refractivity contribution in [3.05, 3.63) is 17.3 Å². The minimum absolute atomic E-state index is 0.233. The van der Waals surface area contributed by atoms with Gasteiger partial charge in [0.25, 0.3) is 0 Å². The summed E-state index contributed by atoms with van der Waals surface area (Å²) in [7, 11) is 0. The SMILES string of the molecule is N#Cc1cc(CF)nc(N)c1OC(F)(F)F. The Morgan fingerprint density at radius 3 is 2.56 bits per heavy atom. The molecule has 0 bridgehead atoms. The van der Waals surface area contributed by atoms with Crippen LogP contribution in [0.2, 0.25) is 0 Å². The fourth-order valence-corrected chi connectivity index (χ4v) is 0.982. The highest BCUT2D eigenvalue weighted by Crippen LogP contribution is 2.31. The van der Waals surface area contributed by atoms with Crippen LogP contribution >= 0.6 is 0 Å². The predicted molar refractivity (Wildman–Crippen MR) is 44.9 cm³/mol. The van der Waals surface area contributed by atoms with Crippen LogP contribution in [-0.2, 0) is 6.67 Å². The molecule has 0 saturated heterocycles. The van der Waals surface area contributed by atoms with Gasteiger partial charge in [0.15, 0.2) is 11.6 Å². The number of nitriles is 1. The number of nitrogen functional groups attached to an aromatic ring is 1. The zero-order valence-corrected chi connectivity index (χ0v) is 7.68. The molecule has 0 fully saturated rings. The largest absolute Gasteiger partial charge is 0.573 e. The lowest BCUT2D eigenvalue weighted by Crippen LogP contribution is -2.19. The molecule has 2 N–H and O–H groups in total. The van der Waals surface area contributed by atoms with Crippen molar-refractivity contribution in [1.82, 2.24) is 4.98 Å². The molecule has 0 spiro atoms. The van der Waals surface area contributed by atoms with E-state index in [9.17, 15) is 17.6 Å². The lowest BCUT2D eigenvalue weighted by molar-refractivity contribution is -0.274. The Morgan fingerprint density at radius 1 is 1.50 bits per heavy atom. The van der Waals surface area contributed by atoms with Crippen LogP contribution in [0.4, 0.5) is 23.4 Å². The van der Waals surface area contributed by atoms with Gasteiger partial charge in [-0.1, -0.05) is 0 Å². The summed E-state index contributed by atoms with van der Waals surface area (Å²) in [5, 5.41) is 8.56. The Hall–Kier alpha value is -2.04. The van der Waals surface area contributed by atoms with Crippen LogP contribution in [0.15, 0.2) is 6.07 Å². The van der Waals surface area contributed by atoms with E-state index < -0.39 is 30.2 Å². The number of nitrogens with two attached hydrogens (primary N) is 1. The zero-order chi connectivity index (χ0) is 12.3. The fraction of sp³-hybridized carbons (Fsp3) is 0.250. The number of aromatic nitrogens is 1. The minimum atomic E-state index is -4.99. The number of ether oxygens (including phenoxy) is 1. The van der Waals surface area contributed by atoms with Gasteiger partial charge in [0.2, 0.25) is 0 Å². The standard InChI is InChI=1S/C8H5F4N3O/c9-2-5-1-4(3-13)6(7(14)15-5)16-8(10,11)12/h1H,2H2,(H2,14,15). The minimum Gasteiger partial charge on any atom is -0.400 e. The first-order valence-electron chi connectivity index (χ1n) is 3.88. The van der Waals surface area contributed by atoms with E-state index in [1.54, 1.807) is 0 Å². The van der Waals surface area contributed by atoms with Crippen LogP contribution in [0.25, 0.3) is 0 Å². The first kappa shape index (κ1) is 12.0. The number of hydrogen-bond acceptors (Lipinski definition) is 4. The van der Waals surface area contributed by atoms with Gasteiger partial charge in [-0.3, -0.25) is 0 Å². The summed E-state index contributed by atoms with van der Waals surface area (Å²) in [6.07, 6.45) is -4.99. The molecule has 0 saturated carbocycles. The molecule has 8 heteroatoms. The van der Waals surface area contributed by atoms with Crippen molar-refractivity contribution in [2.45, 2.75) is 13.0 Å². The van der Waals surface area contributed by atoms with Crippen LogP contribution in [-0.4, -0.2) is 11.3 Å². The van der Waals surface area contributed by atoms with Gasteiger partial charge in [-0.2, -0.15) is 5.26 Å². The van der Waals surface area contributed by atoms with Gasteiger partial charge in [0.1, 0.15) is 18.3 Å². The van der Waals surface area contributed by atoms with E-state index >= 15 is 0 Å². The molecule has 0 radical (unpaired) electrons. The quantitative estimate of drug-likeness (QED) is 0.794. The molecule has 0 atom stereocenters. The molecular formula is C8H5F4N3O. The number of anilines is 1. The summed E-state index contributed by atoms with van der Waals surface area (Å²) in [5.74, 6) is -1.59. The van der Waals surface area contributed by atoms with Crippen molar-refractivity contribution in [3.63, 3.8) is 0 Å². The van der Waals surface area contributed by atoms with Crippen molar-refractivity contribution in [3.8, 4) is 11.8 Å². The van der Waals surface area contributed by atoms with E-state index in [0.29, 0.717) is 0 Å². The summed E-state index contributed by atoms with van der Waals surface area (Å²) < 4.78 is 51.5. The summed E-state index contributed by atoms with van der Waals surface area (Å²) in [5.41, 5.74) is 4.38. The highest BCUT2D eigenvalue weighted by atomic mass is 19.4. The van der Waals surface area contributed by atoms with Gasteiger partial charge in [-0.25, -0.2) is 9.37 Å². The van der Waals surface area contributed by atoms with Crippen LogP contribution < -0.4 is 10.5 Å². The van der Waals surface area contributed by atoms with Crippen molar-refractivity contribution in [2.75, 3.05) is 5.73 Å². The van der Waals surface area contributed by atoms with Crippen molar-refractivity contribution in [2.24, 2.45) is 0 Å². The van der Waals surface area contributed by atoms with E-state index in [1.807, 2.05) is 0 Å². The first-order chi connectivity index (χ1) is 7.37. The Labute approximate surface area is 87.3 Å². The normalized spacial score (nSPS) is 10.9. The number of rotatable bonds is 2. The Morgan fingerprint density at radius 2 is 2.12 bits per heavy atom. The predicted octanol–water partition coefficient (Wildman–Crippen LogP) is 1.90. The number of alkyl halides is 4. The third-order valence-electron chi connectivity index (χ3n) is 1.53. The number of pyridine rings is 1. The molecular weight excluding hydrogens is 230 g/mol. The molecule has 1 heterocycles. The van der Waals surface area contributed by atoms with E-state index in [2.05, 4.69) is 9.72 Å². The third-order valence-corrected chi connectivity index (χ3v) is 1.53. The second-order valence-electron chi connectivity index (χ2n) is 2.67. The molecule has 1 rings (SSSR count). The maximum atomic E-state index is 12.2. The summed E-state index contributed by atoms with van der Waals surface area (Å²) in [4.78, 5) is 3.31. The second kappa shape index (κ2) is 4.22. The summed E-state index contributed by atoms with van der Waals surface area (Å²) in [6, 6.07) is 2.27. The monoisotopic (exact) mass is 235 g/mol. The average Bonchev–Trinajstić information content (AvgIpc) is 2.19. The zero-order valence-electron chi connectivity index (χ0n) is 7.68. The van der Waals surface area contributed by atoms with Crippen LogP contribution in [0.5, 0.6) is 5.75 Å². The van der Waals surface area contributed by atoms with Gasteiger partial charge in [-0.15, -0.1) is 13.2 Å². The lowest BCUT2D eigenvalue weighted by Gasteiger charge is -2.12. The highest BCUT2D eigenvalue weighted by molar-refractivity contribution is 5.57. The van der Waals surface area contributed by atoms with E-state index in [1.165, 1.54) is 6.07 Å². The molecule has 0 aromatic carbocycles. The summed E-state index contributed by atoms with van der Waals surface area (Å²) >= 11 is 0. The molecule has 0 amide bonds. The first-order valence-corrected chi connectivity index (χ1v) is 3.88. The summed E-state index contributed by atoms with van der Waals surface area (Å²) in [6.45, 7) is -1.04. The Balaban J connectivity index is 3.23. The molecule has 86 valence electrons. The van der Waals surface area contributed by atoms with Crippen LogP contribution in [0, 0.1) is 11.3 Å². The fourth-order valence-electron chi connectivity index (χ4n) is 0.982. The average molecular weight is 235 g/mol. The third kappa shape index (κ3) is 2.73. The number of halogens is 4.